The summed E-state index contributed by atoms with van der Waals surface area (Å²) in [5, 5.41) is 2.98. The molecule has 3 aliphatic rings. The molecule has 0 bridgehead atoms. The van der Waals surface area contributed by atoms with E-state index in [1.165, 1.54) is 12.8 Å². The molecule has 1 saturated carbocycles. The Balaban J connectivity index is 1.27. The lowest BCUT2D eigenvalue weighted by molar-refractivity contribution is -0.139. The van der Waals surface area contributed by atoms with Crippen LogP contribution in [0.15, 0.2) is 24.4 Å². The smallest absolute Gasteiger partial charge is 0.228 e. The lowest BCUT2D eigenvalue weighted by Gasteiger charge is -2.34. The molecule has 3 unspecified atom stereocenters. The number of pyridine rings is 1. The highest BCUT2D eigenvalue weighted by molar-refractivity contribution is 5.82. The van der Waals surface area contributed by atoms with Crippen molar-refractivity contribution in [3.63, 3.8) is 0 Å². The summed E-state index contributed by atoms with van der Waals surface area (Å²) in [6.07, 6.45) is 5.63. The van der Waals surface area contributed by atoms with E-state index in [1.807, 2.05) is 23.1 Å². The van der Waals surface area contributed by atoms with E-state index in [4.69, 9.17) is 0 Å². The number of hydrogen-bond acceptors (Lipinski definition) is 5. The van der Waals surface area contributed by atoms with E-state index in [1.54, 1.807) is 6.20 Å². The predicted octanol–water partition coefficient (Wildman–Crippen LogP) is 0.828. The van der Waals surface area contributed by atoms with Crippen LogP contribution in [-0.2, 0) is 16.1 Å². The molecule has 3 fully saturated rings. The Bertz CT molecular complexity index is 670. The predicted molar refractivity (Wildman–Crippen MR) is 101 cm³/mol. The minimum absolute atomic E-state index is 0.00651. The first-order valence-corrected chi connectivity index (χ1v) is 10.1. The molecular weight excluding hydrogens is 342 g/mol. The zero-order valence-electron chi connectivity index (χ0n) is 15.9. The molecule has 3 heterocycles. The second kappa shape index (κ2) is 7.94. The van der Waals surface area contributed by atoms with Crippen molar-refractivity contribution in [1.29, 1.82) is 0 Å². The molecule has 3 N–H and O–H groups in total. The van der Waals surface area contributed by atoms with Crippen molar-refractivity contribution < 1.29 is 9.59 Å². The van der Waals surface area contributed by atoms with Gasteiger partial charge in [0.15, 0.2) is 0 Å². The summed E-state index contributed by atoms with van der Waals surface area (Å²) in [7, 11) is 0. The molecule has 0 spiro atoms. The maximum absolute atomic E-state index is 13.1. The Kier molecular flexibility index (Phi) is 5.41. The van der Waals surface area contributed by atoms with Gasteiger partial charge in [-0.2, -0.15) is 0 Å². The first-order valence-electron chi connectivity index (χ1n) is 10.1. The summed E-state index contributed by atoms with van der Waals surface area (Å²) in [6.45, 7) is 3.87. The summed E-state index contributed by atoms with van der Waals surface area (Å²) in [5.41, 5.74) is 7.44. The number of nitrogens with one attached hydrogen (secondary N) is 3. The number of rotatable bonds is 5. The molecule has 7 nitrogen and oxygen atoms in total. The lowest BCUT2D eigenvalue weighted by Crippen LogP contribution is -2.49. The van der Waals surface area contributed by atoms with E-state index < -0.39 is 0 Å². The number of aromatic nitrogens is 1. The Morgan fingerprint density at radius 1 is 1.19 bits per heavy atom. The van der Waals surface area contributed by atoms with Crippen molar-refractivity contribution in [1.82, 2.24) is 26.1 Å². The number of nitrogens with zero attached hydrogens (tertiary/aromatic N) is 2. The van der Waals surface area contributed by atoms with Crippen LogP contribution < -0.4 is 16.2 Å². The van der Waals surface area contributed by atoms with Crippen LogP contribution in [-0.4, -0.2) is 46.9 Å². The third-order valence-corrected chi connectivity index (χ3v) is 6.17. The number of amides is 2. The molecular formula is C20H29N5O2. The van der Waals surface area contributed by atoms with Crippen LogP contribution in [0.3, 0.4) is 0 Å². The maximum atomic E-state index is 13.1. The largest absolute Gasteiger partial charge is 0.350 e. The molecule has 4 rings (SSSR count). The van der Waals surface area contributed by atoms with Crippen LogP contribution in [0.2, 0.25) is 0 Å². The number of carbonyl (C=O) groups excluding carboxylic acids is 2. The summed E-state index contributed by atoms with van der Waals surface area (Å²) < 4.78 is 0. The molecule has 3 atom stereocenters. The van der Waals surface area contributed by atoms with Gasteiger partial charge in [0.1, 0.15) is 0 Å². The van der Waals surface area contributed by atoms with Crippen LogP contribution in [0.5, 0.6) is 0 Å². The number of hydrogen-bond donors (Lipinski definition) is 3. The molecule has 2 saturated heterocycles. The van der Waals surface area contributed by atoms with Crippen LogP contribution in [0.4, 0.5) is 0 Å². The standard InChI is InChI=1S/C20H29N5O2/c1-13-17(18(24-23-13)14-5-6-14)20(27)25-10-7-15(8-11-25)19(26)22-12-16-4-2-3-9-21-16/h2-4,9,13-15,17-18,23-24H,5-8,10-12H2,1H3,(H,22,26). The van der Waals surface area contributed by atoms with Gasteiger partial charge in [0, 0.05) is 37.3 Å². The Labute approximate surface area is 160 Å². The summed E-state index contributed by atoms with van der Waals surface area (Å²) in [6, 6.07) is 6.10. The van der Waals surface area contributed by atoms with Crippen molar-refractivity contribution in [3.05, 3.63) is 30.1 Å². The van der Waals surface area contributed by atoms with Crippen LogP contribution >= 0.6 is 0 Å². The molecule has 1 aromatic heterocycles. The molecule has 1 aromatic rings. The zero-order valence-corrected chi connectivity index (χ0v) is 15.9. The molecule has 0 radical (unpaired) electrons. The number of carbonyl (C=O) groups is 2. The first kappa shape index (κ1) is 18.4. The molecule has 0 aromatic carbocycles. The third kappa shape index (κ3) is 4.14. The van der Waals surface area contributed by atoms with Crippen molar-refractivity contribution in [2.24, 2.45) is 17.8 Å². The second-order valence-corrected chi connectivity index (χ2v) is 8.10. The van der Waals surface area contributed by atoms with E-state index in [9.17, 15) is 9.59 Å². The van der Waals surface area contributed by atoms with Gasteiger partial charge in [-0.25, -0.2) is 0 Å². The van der Waals surface area contributed by atoms with Gasteiger partial charge in [0.25, 0.3) is 0 Å². The second-order valence-electron chi connectivity index (χ2n) is 8.10. The summed E-state index contributed by atoms with van der Waals surface area (Å²) in [4.78, 5) is 31.7. The van der Waals surface area contributed by atoms with Crippen molar-refractivity contribution in [2.75, 3.05) is 13.1 Å². The van der Waals surface area contributed by atoms with Gasteiger partial charge in [-0.05, 0) is 50.7 Å². The Hall–Kier alpha value is -1.99. The van der Waals surface area contributed by atoms with Crippen molar-refractivity contribution in [3.8, 4) is 0 Å². The van der Waals surface area contributed by atoms with Crippen molar-refractivity contribution in [2.45, 2.75) is 51.2 Å². The number of hydrazine groups is 1. The normalized spacial score (nSPS) is 28.9. The van der Waals surface area contributed by atoms with E-state index >= 15 is 0 Å². The average Bonchev–Trinajstić information content (AvgIpc) is 3.48. The molecule has 7 heteroatoms. The van der Waals surface area contributed by atoms with Crippen LogP contribution in [0, 0.1) is 17.8 Å². The number of piperidine rings is 1. The third-order valence-electron chi connectivity index (χ3n) is 6.17. The highest BCUT2D eigenvalue weighted by atomic mass is 16.2. The minimum atomic E-state index is -0.0192. The van der Waals surface area contributed by atoms with E-state index in [2.05, 4.69) is 28.1 Å². The maximum Gasteiger partial charge on any atom is 0.228 e. The molecule has 2 aliphatic heterocycles. The Morgan fingerprint density at radius 3 is 2.63 bits per heavy atom. The highest BCUT2D eigenvalue weighted by Gasteiger charge is 2.47. The molecule has 1 aliphatic carbocycles. The zero-order chi connectivity index (χ0) is 18.8. The molecule has 146 valence electrons. The monoisotopic (exact) mass is 371 g/mol. The van der Waals surface area contributed by atoms with Gasteiger partial charge in [-0.15, -0.1) is 0 Å². The van der Waals surface area contributed by atoms with E-state index in [-0.39, 0.29) is 35.7 Å². The lowest BCUT2D eigenvalue weighted by atomic mass is 9.89. The van der Waals surface area contributed by atoms with Gasteiger partial charge in [-0.1, -0.05) is 6.07 Å². The van der Waals surface area contributed by atoms with Gasteiger partial charge < -0.3 is 10.2 Å². The molecule has 27 heavy (non-hydrogen) atoms. The van der Waals surface area contributed by atoms with E-state index in [0.29, 0.717) is 25.6 Å². The summed E-state index contributed by atoms with van der Waals surface area (Å²) >= 11 is 0. The van der Waals surface area contributed by atoms with Gasteiger partial charge in [-0.3, -0.25) is 25.4 Å². The number of likely N-dealkylation sites (tertiary alicyclic amines) is 1. The first-order chi connectivity index (χ1) is 13.1. The SMILES string of the molecule is CC1NNC(C2CC2)C1C(=O)N1CCC(C(=O)NCc2ccccn2)CC1. The molecule has 2 amide bonds. The van der Waals surface area contributed by atoms with Gasteiger partial charge in [0.2, 0.25) is 11.8 Å². The van der Waals surface area contributed by atoms with Gasteiger partial charge in [0.05, 0.1) is 18.2 Å². The fourth-order valence-electron chi connectivity index (χ4n) is 4.35. The highest BCUT2D eigenvalue weighted by Crippen LogP contribution is 2.39. The minimum Gasteiger partial charge on any atom is -0.350 e. The van der Waals surface area contributed by atoms with Crippen LogP contribution in [0.1, 0.15) is 38.3 Å². The van der Waals surface area contributed by atoms with E-state index in [0.717, 1.165) is 18.5 Å². The fourth-order valence-corrected chi connectivity index (χ4v) is 4.35. The Morgan fingerprint density at radius 2 is 1.96 bits per heavy atom. The quantitative estimate of drug-likeness (QED) is 0.714. The topological polar surface area (TPSA) is 86.4 Å². The summed E-state index contributed by atoms with van der Waals surface area (Å²) in [5.74, 6) is 0.929. The average molecular weight is 371 g/mol. The van der Waals surface area contributed by atoms with Gasteiger partial charge >= 0.3 is 0 Å². The fraction of sp³-hybridized carbons (Fsp3) is 0.650. The van der Waals surface area contributed by atoms with Crippen LogP contribution in [0.25, 0.3) is 0 Å². The van der Waals surface area contributed by atoms with Crippen molar-refractivity contribution >= 4 is 11.8 Å².